The van der Waals surface area contributed by atoms with Crippen molar-refractivity contribution in [3.05, 3.63) is 59.3 Å². The summed E-state index contributed by atoms with van der Waals surface area (Å²) in [6, 6.07) is 5.76. The molecular weight excluding hydrogens is 349 g/mol. The van der Waals surface area contributed by atoms with E-state index in [0.717, 1.165) is 5.56 Å². The van der Waals surface area contributed by atoms with E-state index in [1.807, 2.05) is 17.9 Å². The van der Waals surface area contributed by atoms with Crippen LogP contribution < -0.4 is 10.6 Å². The fraction of sp³-hybridized carbons (Fsp3) is 0.400. The average molecular weight is 373 g/mol. The van der Waals surface area contributed by atoms with Crippen LogP contribution in [0.4, 0.5) is 4.39 Å². The van der Waals surface area contributed by atoms with Crippen molar-refractivity contribution in [1.82, 2.24) is 15.5 Å². The third kappa shape index (κ3) is 4.54. The molecule has 0 unspecified atom stereocenters. The molecule has 0 aliphatic carbocycles. The van der Waals surface area contributed by atoms with Crippen LogP contribution >= 0.6 is 0 Å². The maximum absolute atomic E-state index is 13.7. The Morgan fingerprint density at radius 3 is 2.81 bits per heavy atom. The van der Waals surface area contributed by atoms with Gasteiger partial charge in [-0.05, 0) is 44.0 Å². The summed E-state index contributed by atoms with van der Waals surface area (Å²) in [5, 5.41) is 5.78. The van der Waals surface area contributed by atoms with Crippen molar-refractivity contribution in [2.24, 2.45) is 0 Å². The molecule has 0 bridgehead atoms. The highest BCUT2D eigenvalue weighted by molar-refractivity contribution is 5.94. The van der Waals surface area contributed by atoms with Crippen molar-refractivity contribution in [2.75, 3.05) is 13.1 Å². The van der Waals surface area contributed by atoms with E-state index in [1.165, 1.54) is 6.07 Å². The fourth-order valence-electron chi connectivity index (χ4n) is 3.37. The van der Waals surface area contributed by atoms with Crippen LogP contribution in [0.2, 0.25) is 0 Å². The van der Waals surface area contributed by atoms with E-state index in [0.29, 0.717) is 31.6 Å². The van der Waals surface area contributed by atoms with Gasteiger partial charge in [-0.15, -0.1) is 0 Å². The molecular formula is C20H24FN3O3. The molecule has 0 radical (unpaired) electrons. The molecule has 1 fully saturated rings. The monoisotopic (exact) mass is 373 g/mol. The fourth-order valence-corrected chi connectivity index (χ4v) is 3.37. The Morgan fingerprint density at radius 1 is 1.33 bits per heavy atom. The number of carbonyl (C=O) groups excluding carboxylic acids is 2. The van der Waals surface area contributed by atoms with Crippen molar-refractivity contribution in [3.8, 4) is 0 Å². The molecule has 3 rings (SSSR count). The summed E-state index contributed by atoms with van der Waals surface area (Å²) in [7, 11) is 0. The molecule has 1 saturated heterocycles. The topological polar surface area (TPSA) is 74.6 Å². The number of likely N-dealkylation sites (N-methyl/N-ethyl adjacent to an activating group) is 1. The number of rotatable bonds is 6. The van der Waals surface area contributed by atoms with Crippen LogP contribution in [0.25, 0.3) is 0 Å². The Balaban J connectivity index is 1.69. The highest BCUT2D eigenvalue weighted by Crippen LogP contribution is 2.22. The average Bonchev–Trinajstić information content (AvgIpc) is 3.28. The molecule has 2 N–H and O–H groups in total. The van der Waals surface area contributed by atoms with Gasteiger partial charge in [-0.2, -0.15) is 0 Å². The first-order valence-corrected chi connectivity index (χ1v) is 9.07. The minimum Gasteiger partial charge on any atom is -0.472 e. The number of likely N-dealkylation sites (tertiary alicyclic amines) is 1. The van der Waals surface area contributed by atoms with Crippen molar-refractivity contribution in [1.29, 1.82) is 0 Å². The molecule has 144 valence electrons. The molecule has 2 aromatic rings. The van der Waals surface area contributed by atoms with E-state index in [9.17, 15) is 14.0 Å². The smallest absolute Gasteiger partial charge is 0.251 e. The Labute approximate surface area is 157 Å². The summed E-state index contributed by atoms with van der Waals surface area (Å²) in [6.45, 7) is 5.17. The van der Waals surface area contributed by atoms with Gasteiger partial charge in [0.2, 0.25) is 5.91 Å². The van der Waals surface area contributed by atoms with E-state index in [-0.39, 0.29) is 29.5 Å². The van der Waals surface area contributed by atoms with Gasteiger partial charge in [0.1, 0.15) is 5.82 Å². The zero-order valence-electron chi connectivity index (χ0n) is 15.5. The van der Waals surface area contributed by atoms with Crippen LogP contribution in [0, 0.1) is 12.7 Å². The van der Waals surface area contributed by atoms with E-state index in [4.69, 9.17) is 4.42 Å². The maximum atomic E-state index is 13.7. The third-order valence-corrected chi connectivity index (χ3v) is 4.79. The number of nitrogens with one attached hydrogen (secondary N) is 2. The third-order valence-electron chi connectivity index (χ3n) is 4.79. The number of amides is 2. The summed E-state index contributed by atoms with van der Waals surface area (Å²) in [5.41, 5.74) is 1.74. The number of aryl methyl sites for hydroxylation is 1. The second-order valence-corrected chi connectivity index (χ2v) is 6.84. The molecule has 0 spiro atoms. The zero-order chi connectivity index (χ0) is 19.4. The molecule has 6 nitrogen and oxygen atoms in total. The molecule has 1 aliphatic rings. The van der Waals surface area contributed by atoms with Crippen molar-refractivity contribution in [3.63, 3.8) is 0 Å². The van der Waals surface area contributed by atoms with Gasteiger partial charge in [-0.3, -0.25) is 14.5 Å². The molecule has 27 heavy (non-hydrogen) atoms. The lowest BCUT2D eigenvalue weighted by Gasteiger charge is -2.22. The summed E-state index contributed by atoms with van der Waals surface area (Å²) in [4.78, 5) is 26.9. The molecule has 7 heteroatoms. The molecule has 1 aromatic heterocycles. The zero-order valence-corrected chi connectivity index (χ0v) is 15.5. The predicted molar refractivity (Wildman–Crippen MR) is 98.6 cm³/mol. The van der Waals surface area contributed by atoms with Crippen LogP contribution in [-0.4, -0.2) is 41.9 Å². The Kier molecular flexibility index (Phi) is 5.91. The second-order valence-electron chi connectivity index (χ2n) is 6.84. The molecule has 0 saturated carbocycles. The Morgan fingerprint density at radius 2 is 2.15 bits per heavy atom. The molecule has 2 atom stereocenters. The first kappa shape index (κ1) is 19.1. The van der Waals surface area contributed by atoms with Gasteiger partial charge in [-0.25, -0.2) is 4.39 Å². The van der Waals surface area contributed by atoms with Gasteiger partial charge in [0, 0.05) is 36.8 Å². The van der Waals surface area contributed by atoms with Gasteiger partial charge in [-0.1, -0.05) is 6.07 Å². The first-order valence-electron chi connectivity index (χ1n) is 9.07. The summed E-state index contributed by atoms with van der Waals surface area (Å²) >= 11 is 0. The number of halogens is 1. The number of hydrogen-bond donors (Lipinski definition) is 2. The minimum absolute atomic E-state index is 0.0564. The summed E-state index contributed by atoms with van der Waals surface area (Å²) < 4.78 is 18.8. The SMILES string of the molecule is CCNC(=O)[C@@H]1C[C@@H](NC(=O)c2ccc(C)c(F)c2)CN1Cc1ccoc1. The van der Waals surface area contributed by atoms with Gasteiger partial charge in [0.05, 0.1) is 18.6 Å². The number of benzene rings is 1. The summed E-state index contributed by atoms with van der Waals surface area (Å²) in [5.74, 6) is -0.798. The lowest BCUT2D eigenvalue weighted by molar-refractivity contribution is -0.125. The largest absolute Gasteiger partial charge is 0.472 e. The number of carbonyl (C=O) groups is 2. The standard InChI is InChI=1S/C20H24FN3O3/c1-3-22-20(26)18-9-16(11-24(18)10-14-6-7-27-12-14)23-19(25)15-5-4-13(2)17(21)8-15/h4-8,12,16,18H,3,9-11H2,1-2H3,(H,22,26)(H,23,25)/t16-,18+/m1/s1. The lowest BCUT2D eigenvalue weighted by Crippen LogP contribution is -2.42. The predicted octanol–water partition coefficient (Wildman–Crippen LogP) is 2.24. The van der Waals surface area contributed by atoms with E-state index < -0.39 is 5.82 Å². The van der Waals surface area contributed by atoms with Crippen LogP contribution in [-0.2, 0) is 11.3 Å². The maximum Gasteiger partial charge on any atom is 0.251 e. The second kappa shape index (κ2) is 8.35. The van der Waals surface area contributed by atoms with E-state index in [2.05, 4.69) is 10.6 Å². The normalized spacial score (nSPS) is 19.8. The van der Waals surface area contributed by atoms with Crippen molar-refractivity contribution >= 4 is 11.8 Å². The Bertz CT molecular complexity index is 807. The number of nitrogens with zero attached hydrogens (tertiary/aromatic N) is 1. The minimum atomic E-state index is -0.407. The van der Waals surface area contributed by atoms with Gasteiger partial charge in [0.25, 0.3) is 5.91 Å². The van der Waals surface area contributed by atoms with Gasteiger partial charge in [0.15, 0.2) is 0 Å². The van der Waals surface area contributed by atoms with Crippen LogP contribution in [0.1, 0.15) is 34.8 Å². The highest BCUT2D eigenvalue weighted by Gasteiger charge is 2.37. The Hall–Kier alpha value is -2.67. The van der Waals surface area contributed by atoms with Gasteiger partial charge < -0.3 is 15.1 Å². The van der Waals surface area contributed by atoms with Crippen molar-refractivity contribution in [2.45, 2.75) is 38.9 Å². The van der Waals surface area contributed by atoms with Gasteiger partial charge >= 0.3 is 0 Å². The van der Waals surface area contributed by atoms with Crippen LogP contribution in [0.15, 0.2) is 41.2 Å². The number of furan rings is 1. The van der Waals surface area contributed by atoms with Crippen molar-refractivity contribution < 1.29 is 18.4 Å². The molecule has 2 heterocycles. The quantitative estimate of drug-likeness (QED) is 0.814. The van der Waals surface area contributed by atoms with Crippen LogP contribution in [0.3, 0.4) is 0 Å². The van der Waals surface area contributed by atoms with E-state index >= 15 is 0 Å². The van der Waals surface area contributed by atoms with Crippen LogP contribution in [0.5, 0.6) is 0 Å². The number of hydrogen-bond acceptors (Lipinski definition) is 4. The highest BCUT2D eigenvalue weighted by atomic mass is 19.1. The molecule has 2 amide bonds. The first-order chi connectivity index (χ1) is 13.0. The molecule has 1 aromatic carbocycles. The summed E-state index contributed by atoms with van der Waals surface area (Å²) in [6.07, 6.45) is 3.75. The van der Waals surface area contributed by atoms with E-state index in [1.54, 1.807) is 31.6 Å². The molecule has 1 aliphatic heterocycles. The lowest BCUT2D eigenvalue weighted by atomic mass is 10.1.